The van der Waals surface area contributed by atoms with Crippen molar-refractivity contribution in [3.63, 3.8) is 0 Å². The Morgan fingerprint density at radius 1 is 1.28 bits per heavy atom. The van der Waals surface area contributed by atoms with E-state index in [1.54, 1.807) is 30.4 Å². The number of amides is 1. The fraction of sp³-hybridized carbons (Fsp3) is 0.409. The van der Waals surface area contributed by atoms with Gasteiger partial charge in [0.1, 0.15) is 5.82 Å². The summed E-state index contributed by atoms with van der Waals surface area (Å²) in [5.74, 6) is 0.869. The molecular weight excluding hydrogens is 446 g/mol. The van der Waals surface area contributed by atoms with Crippen molar-refractivity contribution in [3.05, 3.63) is 62.1 Å². The third-order valence-corrected chi connectivity index (χ3v) is 7.43. The molecule has 0 saturated heterocycles. The van der Waals surface area contributed by atoms with Crippen LogP contribution in [0.1, 0.15) is 54.4 Å². The average Bonchev–Trinajstić information content (AvgIpc) is 3.44. The van der Waals surface area contributed by atoms with Gasteiger partial charge in [-0.05, 0) is 37.3 Å². The molecule has 0 spiro atoms. The van der Waals surface area contributed by atoms with E-state index in [0.29, 0.717) is 17.3 Å². The van der Waals surface area contributed by atoms with E-state index in [-0.39, 0.29) is 17.3 Å². The minimum Gasteiger partial charge on any atom is -0.325 e. The number of nitrogens with zero attached hydrogens (tertiary/aromatic N) is 4. The molecule has 0 unspecified atom stereocenters. The van der Waals surface area contributed by atoms with Crippen LogP contribution in [0.25, 0.3) is 0 Å². The lowest BCUT2D eigenvalue weighted by Crippen LogP contribution is -2.18. The van der Waals surface area contributed by atoms with Crippen molar-refractivity contribution in [2.24, 2.45) is 0 Å². The van der Waals surface area contributed by atoms with Crippen molar-refractivity contribution in [3.8, 4) is 0 Å². The maximum absolute atomic E-state index is 12.5. The molecule has 0 bridgehead atoms. The Hall–Kier alpha value is -2.72. The smallest absolute Gasteiger partial charge is 0.274 e. The summed E-state index contributed by atoms with van der Waals surface area (Å²) in [5.41, 5.74) is 0.965. The summed E-state index contributed by atoms with van der Waals surface area (Å²) < 4.78 is 2.23. The standard InChI is InChI=1S/C22H25N5O3S2/c1-15-9-10-16(12-19(15)27(29)30)23-21(28)14-32-22-25-24-20(13-18-8-5-11-31-18)26(22)17-6-3-2-4-7-17/h5,8-12,17H,2-4,6-7,13-14H2,1H3,(H,23,28). The summed E-state index contributed by atoms with van der Waals surface area (Å²) in [7, 11) is 0. The Bertz CT molecular complexity index is 1090. The van der Waals surface area contributed by atoms with Crippen LogP contribution in [-0.4, -0.2) is 31.3 Å². The molecule has 0 atom stereocenters. The van der Waals surface area contributed by atoms with Gasteiger partial charge in [0.25, 0.3) is 5.69 Å². The lowest BCUT2D eigenvalue weighted by Gasteiger charge is -2.25. The first-order valence-electron chi connectivity index (χ1n) is 10.6. The van der Waals surface area contributed by atoms with E-state index < -0.39 is 4.92 Å². The van der Waals surface area contributed by atoms with Gasteiger partial charge in [-0.1, -0.05) is 43.2 Å². The molecule has 1 aliphatic carbocycles. The molecule has 1 amide bonds. The number of aromatic nitrogens is 3. The average molecular weight is 472 g/mol. The molecule has 2 aromatic heterocycles. The molecule has 1 aliphatic rings. The lowest BCUT2D eigenvalue weighted by molar-refractivity contribution is -0.385. The van der Waals surface area contributed by atoms with Crippen molar-refractivity contribution in [1.82, 2.24) is 14.8 Å². The molecule has 3 aromatic rings. The number of aryl methyl sites for hydroxylation is 1. The largest absolute Gasteiger partial charge is 0.325 e. The molecule has 1 aromatic carbocycles. The number of thiophene rings is 1. The second-order valence-electron chi connectivity index (χ2n) is 7.91. The maximum Gasteiger partial charge on any atom is 0.274 e. The monoisotopic (exact) mass is 471 g/mol. The molecule has 168 valence electrons. The number of carbonyl (C=O) groups excluding carboxylic acids is 1. The number of hydrogen-bond donors (Lipinski definition) is 1. The van der Waals surface area contributed by atoms with Gasteiger partial charge in [0.2, 0.25) is 5.91 Å². The number of nitrogens with one attached hydrogen (secondary N) is 1. The van der Waals surface area contributed by atoms with Crippen molar-refractivity contribution in [2.45, 2.75) is 56.6 Å². The molecule has 0 radical (unpaired) electrons. The van der Waals surface area contributed by atoms with Gasteiger partial charge < -0.3 is 9.88 Å². The Morgan fingerprint density at radius 2 is 2.09 bits per heavy atom. The van der Waals surface area contributed by atoms with E-state index in [9.17, 15) is 14.9 Å². The van der Waals surface area contributed by atoms with Crippen LogP contribution in [0.5, 0.6) is 0 Å². The van der Waals surface area contributed by atoms with E-state index in [1.807, 2.05) is 6.07 Å². The van der Waals surface area contributed by atoms with Crippen LogP contribution in [-0.2, 0) is 11.2 Å². The summed E-state index contributed by atoms with van der Waals surface area (Å²) in [4.78, 5) is 24.5. The van der Waals surface area contributed by atoms with Gasteiger partial charge in [0.05, 0.1) is 10.7 Å². The maximum atomic E-state index is 12.5. The predicted molar refractivity (Wildman–Crippen MR) is 126 cm³/mol. The lowest BCUT2D eigenvalue weighted by atomic mass is 9.95. The number of rotatable bonds is 8. The molecule has 10 heteroatoms. The van der Waals surface area contributed by atoms with Crippen molar-refractivity contribution >= 4 is 40.4 Å². The Kier molecular flexibility index (Phi) is 7.21. The van der Waals surface area contributed by atoms with E-state index >= 15 is 0 Å². The van der Waals surface area contributed by atoms with Crippen LogP contribution in [0.3, 0.4) is 0 Å². The fourth-order valence-electron chi connectivity index (χ4n) is 4.01. The highest BCUT2D eigenvalue weighted by Crippen LogP contribution is 2.33. The SMILES string of the molecule is Cc1ccc(NC(=O)CSc2nnc(Cc3cccs3)n2C2CCCCC2)cc1[N+](=O)[O-]. The highest BCUT2D eigenvalue weighted by molar-refractivity contribution is 7.99. The second-order valence-corrected chi connectivity index (χ2v) is 9.89. The van der Waals surface area contributed by atoms with Gasteiger partial charge in [-0.3, -0.25) is 14.9 Å². The third-order valence-electron chi connectivity index (χ3n) is 5.61. The first kappa shape index (κ1) is 22.5. The van der Waals surface area contributed by atoms with E-state index in [1.165, 1.54) is 42.0 Å². The van der Waals surface area contributed by atoms with Gasteiger partial charge in [-0.25, -0.2) is 0 Å². The van der Waals surface area contributed by atoms with Gasteiger partial charge >= 0.3 is 0 Å². The molecule has 8 nitrogen and oxygen atoms in total. The zero-order valence-electron chi connectivity index (χ0n) is 17.8. The molecule has 2 heterocycles. The van der Waals surface area contributed by atoms with E-state index in [2.05, 4.69) is 31.5 Å². The molecule has 1 saturated carbocycles. The minimum atomic E-state index is -0.443. The highest BCUT2D eigenvalue weighted by Gasteiger charge is 2.24. The van der Waals surface area contributed by atoms with E-state index in [0.717, 1.165) is 30.2 Å². The molecule has 1 fully saturated rings. The van der Waals surface area contributed by atoms with Gasteiger partial charge in [-0.15, -0.1) is 21.5 Å². The second kappa shape index (κ2) is 10.3. The normalized spacial score (nSPS) is 14.4. The summed E-state index contributed by atoms with van der Waals surface area (Å²) in [6, 6.07) is 9.20. The van der Waals surface area contributed by atoms with Crippen molar-refractivity contribution in [1.29, 1.82) is 0 Å². The highest BCUT2D eigenvalue weighted by atomic mass is 32.2. The predicted octanol–water partition coefficient (Wildman–Crippen LogP) is 5.38. The molecule has 0 aliphatic heterocycles. The van der Waals surface area contributed by atoms with Crippen LogP contribution in [0.2, 0.25) is 0 Å². The number of thioether (sulfide) groups is 1. The minimum absolute atomic E-state index is 0.00860. The number of anilines is 1. The zero-order valence-corrected chi connectivity index (χ0v) is 19.5. The first-order valence-corrected chi connectivity index (χ1v) is 12.5. The van der Waals surface area contributed by atoms with Crippen LogP contribution in [0.4, 0.5) is 11.4 Å². The quantitative estimate of drug-likeness (QED) is 0.269. The number of carbonyl (C=O) groups is 1. The third kappa shape index (κ3) is 5.36. The fourth-order valence-corrected chi connectivity index (χ4v) is 5.54. The number of nitro benzene ring substituents is 1. The van der Waals surface area contributed by atoms with Gasteiger partial charge in [0.15, 0.2) is 5.16 Å². The summed E-state index contributed by atoms with van der Waals surface area (Å²) in [6.45, 7) is 1.67. The summed E-state index contributed by atoms with van der Waals surface area (Å²) in [6.07, 6.45) is 6.58. The summed E-state index contributed by atoms with van der Waals surface area (Å²) >= 11 is 3.07. The molecular formula is C22H25N5O3S2. The first-order chi connectivity index (χ1) is 15.5. The number of hydrogen-bond acceptors (Lipinski definition) is 7. The zero-order chi connectivity index (χ0) is 22.5. The van der Waals surface area contributed by atoms with Crippen molar-refractivity contribution in [2.75, 3.05) is 11.1 Å². The van der Waals surface area contributed by atoms with Crippen LogP contribution < -0.4 is 5.32 Å². The van der Waals surface area contributed by atoms with Crippen LogP contribution >= 0.6 is 23.1 Å². The Morgan fingerprint density at radius 3 is 2.81 bits per heavy atom. The van der Waals surface area contributed by atoms with Gasteiger partial charge in [0, 0.05) is 34.7 Å². The topological polar surface area (TPSA) is 103 Å². The van der Waals surface area contributed by atoms with Crippen LogP contribution in [0, 0.1) is 17.0 Å². The Balaban J connectivity index is 1.46. The van der Waals surface area contributed by atoms with Crippen molar-refractivity contribution < 1.29 is 9.72 Å². The van der Waals surface area contributed by atoms with Crippen LogP contribution in [0.15, 0.2) is 40.9 Å². The molecule has 4 rings (SSSR count). The van der Waals surface area contributed by atoms with Gasteiger partial charge in [-0.2, -0.15) is 0 Å². The number of benzene rings is 1. The molecule has 1 N–H and O–H groups in total. The van der Waals surface area contributed by atoms with E-state index in [4.69, 9.17) is 0 Å². The number of nitro groups is 1. The molecule has 32 heavy (non-hydrogen) atoms. The Labute approximate surface area is 194 Å². The summed E-state index contributed by atoms with van der Waals surface area (Å²) in [5, 5.41) is 25.6.